The molecule has 0 heterocycles. The van der Waals surface area contributed by atoms with E-state index in [0.717, 1.165) is 25.2 Å². The lowest BCUT2D eigenvalue weighted by Gasteiger charge is -2.57. The maximum atomic E-state index is 13.2. The summed E-state index contributed by atoms with van der Waals surface area (Å²) in [5.41, 5.74) is -0.0971. The van der Waals surface area contributed by atoms with E-state index in [-0.39, 0.29) is 47.4 Å². The molecule has 0 radical (unpaired) electrons. The molecule has 0 amide bonds. The van der Waals surface area contributed by atoms with Gasteiger partial charge in [0.05, 0.1) is 12.0 Å². The van der Waals surface area contributed by atoms with Crippen molar-refractivity contribution in [3.05, 3.63) is 0 Å². The number of carbonyl (C=O) groups is 2. The van der Waals surface area contributed by atoms with Crippen molar-refractivity contribution in [2.45, 2.75) is 99.0 Å². The van der Waals surface area contributed by atoms with E-state index in [0.29, 0.717) is 23.5 Å². The Balaban J connectivity index is 1.31. The third-order valence-electron chi connectivity index (χ3n) is 8.87. The van der Waals surface area contributed by atoms with Gasteiger partial charge in [-0.2, -0.15) is 0 Å². The molecule has 4 nitrogen and oxygen atoms in total. The largest absolute Gasteiger partial charge is 0.438 e. The van der Waals surface area contributed by atoms with E-state index in [9.17, 15) is 9.59 Å². The van der Waals surface area contributed by atoms with E-state index < -0.39 is 0 Å². The van der Waals surface area contributed by atoms with Crippen LogP contribution in [0, 0.1) is 52.3 Å². The lowest BCUT2D eigenvalue weighted by Crippen LogP contribution is -2.59. The van der Waals surface area contributed by atoms with E-state index in [1.54, 1.807) is 0 Å². The molecule has 0 saturated heterocycles. The van der Waals surface area contributed by atoms with Crippen LogP contribution >= 0.6 is 0 Å². The molecule has 31 heavy (non-hydrogen) atoms. The molecule has 5 saturated carbocycles. The van der Waals surface area contributed by atoms with Gasteiger partial charge in [0, 0.05) is 11.8 Å². The van der Waals surface area contributed by atoms with Crippen LogP contribution < -0.4 is 0 Å². The van der Waals surface area contributed by atoms with Crippen molar-refractivity contribution in [2.75, 3.05) is 6.79 Å². The van der Waals surface area contributed by atoms with Crippen molar-refractivity contribution < 1.29 is 19.1 Å². The van der Waals surface area contributed by atoms with E-state index in [4.69, 9.17) is 9.47 Å². The molecule has 4 heteroatoms. The van der Waals surface area contributed by atoms with E-state index in [1.807, 2.05) is 0 Å². The average molecular weight is 433 g/mol. The predicted octanol–water partition coefficient (Wildman–Crippen LogP) is 6.02. The zero-order valence-corrected chi connectivity index (χ0v) is 20.6. The number of hydrogen-bond donors (Lipinski definition) is 0. The fraction of sp³-hybridized carbons (Fsp3) is 0.926. The molecule has 0 spiro atoms. The highest BCUT2D eigenvalue weighted by Gasteiger charge is 2.58. The zero-order chi connectivity index (χ0) is 22.6. The molecule has 0 N–H and O–H groups in total. The molecule has 5 fully saturated rings. The van der Waals surface area contributed by atoms with Crippen LogP contribution in [-0.4, -0.2) is 24.6 Å². The summed E-state index contributed by atoms with van der Waals surface area (Å²) in [4.78, 5) is 26.1. The second kappa shape index (κ2) is 8.47. The Morgan fingerprint density at radius 3 is 2.26 bits per heavy atom. The Hall–Kier alpha value is -0.900. The van der Waals surface area contributed by atoms with Crippen molar-refractivity contribution in [3.63, 3.8) is 0 Å². The standard InChI is InChI=1S/C27H44O4/c1-26(2,3)14-22(27(4,5)6)25(29)31-15-30-24-18-11-17-12-21(24)23(28)20(13-18)19(17)10-16-8-7-9-16/h16-22,24H,7-15H2,1-6H3/t17?,18-,19?,20?,21?,22?,24?/m1/s1. The van der Waals surface area contributed by atoms with Gasteiger partial charge in [0.1, 0.15) is 5.78 Å². The minimum Gasteiger partial charge on any atom is -0.438 e. The fourth-order valence-electron chi connectivity index (χ4n) is 7.05. The van der Waals surface area contributed by atoms with Crippen molar-refractivity contribution in [3.8, 4) is 0 Å². The Kier molecular flexibility index (Phi) is 6.35. The van der Waals surface area contributed by atoms with Crippen molar-refractivity contribution in [1.82, 2.24) is 0 Å². The molecule has 0 aromatic heterocycles. The lowest BCUT2D eigenvalue weighted by atomic mass is 9.48. The minimum absolute atomic E-state index is 0.0126. The van der Waals surface area contributed by atoms with Gasteiger partial charge in [0.25, 0.3) is 0 Å². The van der Waals surface area contributed by atoms with Crippen LogP contribution in [0.15, 0.2) is 0 Å². The first-order valence-electron chi connectivity index (χ1n) is 12.8. The Morgan fingerprint density at radius 1 is 1.00 bits per heavy atom. The van der Waals surface area contributed by atoms with Gasteiger partial charge in [-0.1, -0.05) is 60.8 Å². The van der Waals surface area contributed by atoms with Crippen LogP contribution in [0.4, 0.5) is 0 Å². The molecule has 7 atom stereocenters. The highest BCUT2D eigenvalue weighted by atomic mass is 16.7. The number of rotatable bonds is 7. The number of Topliss-reactive ketones (excluding diaryl/α,β-unsaturated/α-hetero) is 1. The van der Waals surface area contributed by atoms with Crippen molar-refractivity contribution >= 4 is 11.8 Å². The summed E-state index contributed by atoms with van der Waals surface area (Å²) in [5.74, 6) is 3.13. The predicted molar refractivity (Wildman–Crippen MR) is 121 cm³/mol. The molecule has 6 unspecified atom stereocenters. The molecule has 5 aliphatic rings. The Labute approximate surface area is 189 Å². The number of carbonyl (C=O) groups excluding carboxylic acids is 2. The zero-order valence-electron chi connectivity index (χ0n) is 20.6. The second-order valence-electron chi connectivity index (χ2n) is 13.4. The number of ketones is 1. The van der Waals surface area contributed by atoms with Gasteiger partial charge < -0.3 is 9.47 Å². The Bertz CT molecular complexity index is 680. The van der Waals surface area contributed by atoms with Gasteiger partial charge in [-0.15, -0.1) is 0 Å². The van der Waals surface area contributed by atoms with E-state index >= 15 is 0 Å². The average Bonchev–Trinajstić information content (AvgIpc) is 2.61. The summed E-state index contributed by atoms with van der Waals surface area (Å²) in [6.45, 7) is 12.8. The minimum atomic E-state index is -0.168. The quantitative estimate of drug-likeness (QED) is 0.364. The van der Waals surface area contributed by atoms with Crippen LogP contribution in [0.3, 0.4) is 0 Å². The molecule has 176 valence electrons. The van der Waals surface area contributed by atoms with E-state index in [2.05, 4.69) is 41.5 Å². The van der Waals surface area contributed by atoms with Gasteiger partial charge in [-0.25, -0.2) is 0 Å². The number of esters is 1. The van der Waals surface area contributed by atoms with Crippen LogP contribution in [0.2, 0.25) is 0 Å². The number of hydrogen-bond acceptors (Lipinski definition) is 4. The Morgan fingerprint density at radius 2 is 1.68 bits per heavy atom. The maximum Gasteiger partial charge on any atom is 0.311 e. The molecule has 0 aromatic rings. The van der Waals surface area contributed by atoms with Gasteiger partial charge in [-0.3, -0.25) is 9.59 Å². The molecular formula is C27H44O4. The third kappa shape index (κ3) is 4.89. The molecule has 5 aliphatic carbocycles. The summed E-state index contributed by atoms with van der Waals surface area (Å²) < 4.78 is 11.8. The lowest BCUT2D eigenvalue weighted by molar-refractivity contribution is -0.199. The SMILES string of the molecule is CC(C)(C)CC(C(=O)OCOC1C2CC3C[C@@H]1CC(C2=O)C3CC1CCC1)C(C)(C)C. The topological polar surface area (TPSA) is 52.6 Å². The van der Waals surface area contributed by atoms with Crippen molar-refractivity contribution in [2.24, 2.45) is 52.3 Å². The summed E-state index contributed by atoms with van der Waals surface area (Å²) in [6.07, 6.45) is 9.34. The third-order valence-corrected chi connectivity index (χ3v) is 8.87. The van der Waals surface area contributed by atoms with Crippen LogP contribution in [-0.2, 0) is 19.1 Å². The summed E-state index contributed by atoms with van der Waals surface area (Å²) in [6, 6.07) is 0. The molecule has 4 bridgehead atoms. The second-order valence-corrected chi connectivity index (χ2v) is 13.4. The van der Waals surface area contributed by atoms with Crippen LogP contribution in [0.1, 0.15) is 92.9 Å². The van der Waals surface area contributed by atoms with Gasteiger partial charge in [0.15, 0.2) is 6.79 Å². The first kappa shape index (κ1) is 23.3. The summed E-state index contributed by atoms with van der Waals surface area (Å²) >= 11 is 0. The molecule has 5 rings (SSSR count). The highest BCUT2D eigenvalue weighted by molar-refractivity contribution is 5.86. The van der Waals surface area contributed by atoms with Gasteiger partial charge in [-0.05, 0) is 66.6 Å². The van der Waals surface area contributed by atoms with Gasteiger partial charge >= 0.3 is 5.97 Å². The highest BCUT2D eigenvalue weighted by Crippen LogP contribution is 2.58. The first-order valence-corrected chi connectivity index (χ1v) is 12.8. The fourth-order valence-corrected chi connectivity index (χ4v) is 7.05. The van der Waals surface area contributed by atoms with Gasteiger partial charge in [0.2, 0.25) is 0 Å². The monoisotopic (exact) mass is 432 g/mol. The molecule has 0 aliphatic heterocycles. The van der Waals surface area contributed by atoms with E-state index in [1.165, 1.54) is 32.1 Å². The molecular weight excluding hydrogens is 388 g/mol. The first-order chi connectivity index (χ1) is 14.4. The summed E-state index contributed by atoms with van der Waals surface area (Å²) in [5, 5.41) is 0. The maximum absolute atomic E-state index is 13.2. The normalized spacial score (nSPS) is 36.4. The van der Waals surface area contributed by atoms with Crippen LogP contribution in [0.25, 0.3) is 0 Å². The van der Waals surface area contributed by atoms with Crippen molar-refractivity contribution in [1.29, 1.82) is 0 Å². The van der Waals surface area contributed by atoms with Crippen LogP contribution in [0.5, 0.6) is 0 Å². The number of ether oxygens (including phenoxy) is 2. The smallest absolute Gasteiger partial charge is 0.311 e. The summed E-state index contributed by atoms with van der Waals surface area (Å²) in [7, 11) is 0. The molecule has 0 aromatic carbocycles.